The van der Waals surface area contributed by atoms with Crippen molar-refractivity contribution in [2.75, 3.05) is 5.88 Å². The van der Waals surface area contributed by atoms with Crippen LogP contribution in [0, 0.1) is 0 Å². The topological polar surface area (TPSA) is 0 Å². The molecule has 1 aromatic carbocycles. The quantitative estimate of drug-likeness (QED) is 0.632. The molecule has 2 rings (SSSR count). The van der Waals surface area contributed by atoms with E-state index >= 15 is 0 Å². The monoisotopic (exact) mass is 194 g/mol. The first kappa shape index (κ1) is 9.08. The van der Waals surface area contributed by atoms with Gasteiger partial charge >= 0.3 is 0 Å². The van der Waals surface area contributed by atoms with Crippen molar-refractivity contribution in [1.82, 2.24) is 0 Å². The molecule has 0 spiro atoms. The van der Waals surface area contributed by atoms with Gasteiger partial charge in [0.15, 0.2) is 0 Å². The van der Waals surface area contributed by atoms with Crippen molar-refractivity contribution in [3.8, 4) is 0 Å². The van der Waals surface area contributed by atoms with Crippen LogP contribution in [-0.2, 0) is 12.8 Å². The summed E-state index contributed by atoms with van der Waals surface area (Å²) >= 11 is 5.84. The summed E-state index contributed by atoms with van der Waals surface area (Å²) in [5.41, 5.74) is 4.50. The summed E-state index contributed by atoms with van der Waals surface area (Å²) in [5.74, 6) is 1.21. The van der Waals surface area contributed by atoms with Crippen LogP contribution < -0.4 is 0 Å². The summed E-state index contributed by atoms with van der Waals surface area (Å²) in [6.45, 7) is 2.18. The minimum absolute atomic E-state index is 0.493. The number of hydrogen-bond acceptors (Lipinski definition) is 0. The van der Waals surface area contributed by atoms with E-state index in [2.05, 4.69) is 25.1 Å². The van der Waals surface area contributed by atoms with Gasteiger partial charge in [0.05, 0.1) is 0 Å². The van der Waals surface area contributed by atoms with E-state index in [-0.39, 0.29) is 0 Å². The number of aryl methyl sites for hydroxylation is 2. The average molecular weight is 195 g/mol. The molecule has 70 valence electrons. The van der Waals surface area contributed by atoms with Gasteiger partial charge in [-0.3, -0.25) is 0 Å². The van der Waals surface area contributed by atoms with E-state index in [4.69, 9.17) is 11.6 Å². The number of benzene rings is 1. The van der Waals surface area contributed by atoms with E-state index in [9.17, 15) is 0 Å². The number of fused-ring (bicyclic) bond motifs is 1. The van der Waals surface area contributed by atoms with Crippen molar-refractivity contribution in [3.05, 3.63) is 34.9 Å². The van der Waals surface area contributed by atoms with Gasteiger partial charge in [-0.15, -0.1) is 11.6 Å². The van der Waals surface area contributed by atoms with Gasteiger partial charge in [0.2, 0.25) is 0 Å². The Balaban J connectivity index is 2.30. The Labute approximate surface area is 84.9 Å². The lowest BCUT2D eigenvalue weighted by Gasteiger charge is -2.09. The molecule has 1 heteroatoms. The van der Waals surface area contributed by atoms with Crippen LogP contribution in [0.5, 0.6) is 0 Å². The third kappa shape index (κ3) is 1.73. The molecular weight excluding hydrogens is 180 g/mol. The molecular formula is C12H15Cl. The Bertz CT molecular complexity index is 304. The minimum Gasteiger partial charge on any atom is -0.126 e. The van der Waals surface area contributed by atoms with Crippen molar-refractivity contribution in [2.24, 2.45) is 0 Å². The van der Waals surface area contributed by atoms with Crippen LogP contribution in [0.2, 0.25) is 0 Å². The fourth-order valence-electron chi connectivity index (χ4n) is 1.99. The SMILES string of the molecule is CC(CCl)c1ccc2c(c1)CCC2. The Morgan fingerprint density at radius 3 is 2.85 bits per heavy atom. The number of hydrogen-bond donors (Lipinski definition) is 0. The maximum Gasteiger partial charge on any atom is 0.0289 e. The zero-order chi connectivity index (χ0) is 9.26. The zero-order valence-corrected chi connectivity index (χ0v) is 8.77. The molecule has 0 amide bonds. The predicted octanol–water partition coefficient (Wildman–Crippen LogP) is 3.52. The highest BCUT2D eigenvalue weighted by molar-refractivity contribution is 6.18. The van der Waals surface area contributed by atoms with Crippen LogP contribution in [-0.4, -0.2) is 5.88 Å². The molecule has 1 aromatic rings. The summed E-state index contributed by atoms with van der Waals surface area (Å²) in [6.07, 6.45) is 3.86. The third-order valence-corrected chi connectivity index (χ3v) is 3.39. The normalized spacial score (nSPS) is 17.1. The first-order chi connectivity index (χ1) is 6.31. The summed E-state index contributed by atoms with van der Waals surface area (Å²) in [5, 5.41) is 0. The van der Waals surface area contributed by atoms with Crippen LogP contribution in [0.4, 0.5) is 0 Å². The lowest BCUT2D eigenvalue weighted by Crippen LogP contribution is -1.96. The number of rotatable bonds is 2. The fraction of sp³-hybridized carbons (Fsp3) is 0.500. The van der Waals surface area contributed by atoms with Crippen LogP contribution in [0.3, 0.4) is 0 Å². The van der Waals surface area contributed by atoms with Gasteiger partial charge in [0.1, 0.15) is 0 Å². The average Bonchev–Trinajstić information content (AvgIpc) is 2.63. The Morgan fingerprint density at radius 1 is 1.31 bits per heavy atom. The molecule has 1 aliphatic carbocycles. The van der Waals surface area contributed by atoms with E-state index in [1.54, 1.807) is 11.1 Å². The van der Waals surface area contributed by atoms with Gasteiger partial charge in [0.25, 0.3) is 0 Å². The Kier molecular flexibility index (Phi) is 2.59. The molecule has 1 unspecified atom stereocenters. The second-order valence-corrected chi connectivity index (χ2v) is 4.25. The van der Waals surface area contributed by atoms with Crippen molar-refractivity contribution >= 4 is 11.6 Å². The van der Waals surface area contributed by atoms with Gasteiger partial charge in [-0.25, -0.2) is 0 Å². The number of alkyl halides is 1. The molecule has 0 N–H and O–H groups in total. The molecule has 0 radical (unpaired) electrons. The lowest BCUT2D eigenvalue weighted by atomic mass is 9.98. The van der Waals surface area contributed by atoms with E-state index in [0.29, 0.717) is 5.92 Å². The largest absolute Gasteiger partial charge is 0.126 e. The summed E-state index contributed by atoms with van der Waals surface area (Å²) in [7, 11) is 0. The van der Waals surface area contributed by atoms with Crippen LogP contribution in [0.15, 0.2) is 18.2 Å². The fourth-order valence-corrected chi connectivity index (χ4v) is 2.17. The summed E-state index contributed by atoms with van der Waals surface area (Å²) in [6, 6.07) is 6.85. The molecule has 0 aromatic heterocycles. The highest BCUT2D eigenvalue weighted by Crippen LogP contribution is 2.26. The maximum absolute atomic E-state index is 5.84. The molecule has 0 aliphatic heterocycles. The van der Waals surface area contributed by atoms with E-state index < -0.39 is 0 Å². The first-order valence-electron chi connectivity index (χ1n) is 4.99. The second kappa shape index (κ2) is 3.71. The molecule has 0 fully saturated rings. The molecule has 0 bridgehead atoms. The summed E-state index contributed by atoms with van der Waals surface area (Å²) < 4.78 is 0. The molecule has 0 saturated heterocycles. The standard InChI is InChI=1S/C12H15Cl/c1-9(8-13)11-6-5-10-3-2-4-12(10)7-11/h5-7,9H,2-4,8H2,1H3. The highest BCUT2D eigenvalue weighted by Gasteiger charge is 2.12. The van der Waals surface area contributed by atoms with Crippen LogP contribution >= 0.6 is 11.6 Å². The van der Waals surface area contributed by atoms with Crippen molar-refractivity contribution in [2.45, 2.75) is 32.1 Å². The third-order valence-electron chi connectivity index (χ3n) is 2.92. The van der Waals surface area contributed by atoms with Crippen molar-refractivity contribution in [3.63, 3.8) is 0 Å². The first-order valence-corrected chi connectivity index (χ1v) is 5.52. The van der Waals surface area contributed by atoms with Crippen molar-refractivity contribution < 1.29 is 0 Å². The van der Waals surface area contributed by atoms with Gasteiger partial charge < -0.3 is 0 Å². The van der Waals surface area contributed by atoms with Crippen LogP contribution in [0.1, 0.15) is 36.0 Å². The molecule has 1 aliphatic rings. The highest BCUT2D eigenvalue weighted by atomic mass is 35.5. The molecule has 0 nitrogen and oxygen atoms in total. The van der Waals surface area contributed by atoms with Gasteiger partial charge in [0, 0.05) is 5.88 Å². The van der Waals surface area contributed by atoms with E-state index in [1.807, 2.05) is 0 Å². The number of halogens is 1. The maximum atomic E-state index is 5.84. The Hall–Kier alpha value is -0.490. The second-order valence-electron chi connectivity index (χ2n) is 3.94. The summed E-state index contributed by atoms with van der Waals surface area (Å²) in [4.78, 5) is 0. The van der Waals surface area contributed by atoms with E-state index in [0.717, 1.165) is 5.88 Å². The molecule has 0 heterocycles. The molecule has 1 atom stereocenters. The molecule has 13 heavy (non-hydrogen) atoms. The lowest BCUT2D eigenvalue weighted by molar-refractivity contribution is 0.870. The smallest absolute Gasteiger partial charge is 0.0289 e. The minimum atomic E-state index is 0.493. The van der Waals surface area contributed by atoms with Gasteiger partial charge in [-0.2, -0.15) is 0 Å². The zero-order valence-electron chi connectivity index (χ0n) is 8.02. The van der Waals surface area contributed by atoms with Gasteiger partial charge in [-0.1, -0.05) is 25.1 Å². The Morgan fingerprint density at radius 2 is 2.08 bits per heavy atom. The molecule has 0 saturated carbocycles. The van der Waals surface area contributed by atoms with Crippen molar-refractivity contribution in [1.29, 1.82) is 0 Å². The van der Waals surface area contributed by atoms with E-state index in [1.165, 1.54) is 24.8 Å². The van der Waals surface area contributed by atoms with Crippen LogP contribution in [0.25, 0.3) is 0 Å². The predicted molar refractivity (Wildman–Crippen MR) is 57.6 cm³/mol. The van der Waals surface area contributed by atoms with Gasteiger partial charge in [-0.05, 0) is 41.9 Å².